The molecule has 0 aliphatic rings. The SMILES string of the molecule is COC(=O)c1cc(CNC(=O)c2cccnc2OCC(F)(F)F)ccc1OC. The molecule has 0 radical (unpaired) electrons. The van der Waals surface area contributed by atoms with Crippen molar-refractivity contribution in [3.8, 4) is 11.6 Å². The maximum absolute atomic E-state index is 12.3. The van der Waals surface area contributed by atoms with E-state index in [4.69, 9.17) is 4.74 Å². The van der Waals surface area contributed by atoms with Crippen molar-refractivity contribution in [3.05, 3.63) is 53.2 Å². The third-order valence-electron chi connectivity index (χ3n) is 3.51. The van der Waals surface area contributed by atoms with Crippen LogP contribution in [0.3, 0.4) is 0 Å². The molecule has 10 heteroatoms. The van der Waals surface area contributed by atoms with Crippen LogP contribution in [0.1, 0.15) is 26.3 Å². The number of rotatable bonds is 7. The molecule has 28 heavy (non-hydrogen) atoms. The summed E-state index contributed by atoms with van der Waals surface area (Å²) in [6.07, 6.45) is -3.34. The summed E-state index contributed by atoms with van der Waals surface area (Å²) in [5.74, 6) is -1.42. The Kier molecular flexibility index (Phi) is 6.80. The quantitative estimate of drug-likeness (QED) is 0.722. The molecule has 0 aliphatic carbocycles. The summed E-state index contributed by atoms with van der Waals surface area (Å²) in [7, 11) is 2.62. The van der Waals surface area contributed by atoms with E-state index in [1.807, 2.05) is 0 Å². The number of nitrogens with zero attached hydrogens (tertiary/aromatic N) is 1. The first-order chi connectivity index (χ1) is 13.2. The lowest BCUT2D eigenvalue weighted by molar-refractivity contribution is -0.154. The Labute approximate surface area is 158 Å². The van der Waals surface area contributed by atoms with Gasteiger partial charge in [-0.25, -0.2) is 9.78 Å². The van der Waals surface area contributed by atoms with E-state index in [0.717, 1.165) is 0 Å². The molecule has 0 atom stereocenters. The third-order valence-corrected chi connectivity index (χ3v) is 3.51. The van der Waals surface area contributed by atoms with Gasteiger partial charge in [-0.1, -0.05) is 6.07 Å². The summed E-state index contributed by atoms with van der Waals surface area (Å²) >= 11 is 0. The Morgan fingerprint density at radius 3 is 2.54 bits per heavy atom. The van der Waals surface area contributed by atoms with E-state index >= 15 is 0 Å². The number of amides is 1. The third kappa shape index (κ3) is 5.60. The maximum Gasteiger partial charge on any atom is 0.422 e. The van der Waals surface area contributed by atoms with Crippen LogP contribution < -0.4 is 14.8 Å². The van der Waals surface area contributed by atoms with E-state index in [0.29, 0.717) is 11.3 Å². The molecule has 0 bridgehead atoms. The van der Waals surface area contributed by atoms with Crippen molar-refractivity contribution in [3.63, 3.8) is 0 Å². The van der Waals surface area contributed by atoms with E-state index in [1.54, 1.807) is 6.07 Å². The second-order valence-corrected chi connectivity index (χ2v) is 5.47. The predicted molar refractivity (Wildman–Crippen MR) is 91.3 cm³/mol. The molecule has 1 amide bonds. The van der Waals surface area contributed by atoms with E-state index < -0.39 is 30.5 Å². The van der Waals surface area contributed by atoms with E-state index in [1.165, 1.54) is 44.7 Å². The van der Waals surface area contributed by atoms with Gasteiger partial charge < -0.3 is 19.5 Å². The second kappa shape index (κ2) is 9.07. The highest BCUT2D eigenvalue weighted by molar-refractivity contribution is 5.96. The van der Waals surface area contributed by atoms with Crippen LogP contribution in [0.25, 0.3) is 0 Å². The average Bonchev–Trinajstić information content (AvgIpc) is 2.69. The Hall–Kier alpha value is -3.30. The minimum absolute atomic E-state index is 0.000424. The van der Waals surface area contributed by atoms with Gasteiger partial charge >= 0.3 is 12.1 Å². The molecule has 1 N–H and O–H groups in total. The van der Waals surface area contributed by atoms with Gasteiger partial charge in [-0.05, 0) is 29.8 Å². The van der Waals surface area contributed by atoms with Crippen LogP contribution in [-0.2, 0) is 11.3 Å². The lowest BCUT2D eigenvalue weighted by Crippen LogP contribution is -2.25. The maximum atomic E-state index is 12.3. The number of carbonyl (C=O) groups is 2. The van der Waals surface area contributed by atoms with Gasteiger partial charge in [0.25, 0.3) is 5.91 Å². The predicted octanol–water partition coefficient (Wildman–Crippen LogP) is 2.75. The first kappa shape index (κ1) is 21.0. The van der Waals surface area contributed by atoms with Crippen LogP contribution in [-0.4, -0.2) is 43.9 Å². The molecular formula is C18H17F3N2O5. The van der Waals surface area contributed by atoms with E-state index in [9.17, 15) is 22.8 Å². The van der Waals surface area contributed by atoms with Crippen molar-refractivity contribution in [2.45, 2.75) is 12.7 Å². The van der Waals surface area contributed by atoms with Crippen LogP contribution >= 0.6 is 0 Å². The molecular weight excluding hydrogens is 381 g/mol. The summed E-state index contributed by atoms with van der Waals surface area (Å²) in [6.45, 7) is -1.56. The molecule has 150 valence electrons. The molecule has 2 aromatic rings. The van der Waals surface area contributed by atoms with Crippen LogP contribution in [0.2, 0.25) is 0 Å². The van der Waals surface area contributed by atoms with Crippen molar-refractivity contribution >= 4 is 11.9 Å². The number of nitrogens with one attached hydrogen (secondary N) is 1. The molecule has 1 aromatic carbocycles. The van der Waals surface area contributed by atoms with Crippen LogP contribution in [0.15, 0.2) is 36.5 Å². The number of esters is 1. The zero-order valence-corrected chi connectivity index (χ0v) is 15.0. The van der Waals surface area contributed by atoms with E-state index in [2.05, 4.69) is 19.8 Å². The van der Waals surface area contributed by atoms with Gasteiger partial charge in [-0.15, -0.1) is 0 Å². The summed E-state index contributed by atoms with van der Waals surface area (Å²) in [5.41, 5.74) is 0.581. The monoisotopic (exact) mass is 398 g/mol. The van der Waals surface area contributed by atoms with Gasteiger partial charge in [0.2, 0.25) is 5.88 Å². The highest BCUT2D eigenvalue weighted by atomic mass is 19.4. The van der Waals surface area contributed by atoms with Crippen molar-refractivity contribution in [2.75, 3.05) is 20.8 Å². The highest BCUT2D eigenvalue weighted by Crippen LogP contribution is 2.22. The fourth-order valence-corrected chi connectivity index (χ4v) is 2.24. The lowest BCUT2D eigenvalue weighted by Gasteiger charge is -2.13. The topological polar surface area (TPSA) is 86.8 Å². The summed E-state index contributed by atoms with van der Waals surface area (Å²) in [5, 5.41) is 2.54. The molecule has 7 nitrogen and oxygen atoms in total. The van der Waals surface area contributed by atoms with Gasteiger partial charge in [-0.2, -0.15) is 13.2 Å². The van der Waals surface area contributed by atoms with Gasteiger partial charge in [0, 0.05) is 12.7 Å². The van der Waals surface area contributed by atoms with Crippen LogP contribution in [0, 0.1) is 0 Å². The average molecular weight is 398 g/mol. The molecule has 0 saturated heterocycles. The number of hydrogen-bond acceptors (Lipinski definition) is 6. The standard InChI is InChI=1S/C18H17F3N2O5/c1-26-14-6-5-11(8-13(14)17(25)27-2)9-23-15(24)12-4-3-7-22-16(12)28-10-18(19,20)21/h3-8H,9-10H2,1-2H3,(H,23,24). The minimum Gasteiger partial charge on any atom is -0.496 e. The van der Waals surface area contributed by atoms with Crippen LogP contribution in [0.5, 0.6) is 11.6 Å². The Morgan fingerprint density at radius 1 is 1.14 bits per heavy atom. The lowest BCUT2D eigenvalue weighted by atomic mass is 10.1. The number of methoxy groups -OCH3 is 2. The van der Waals surface area contributed by atoms with Crippen molar-refractivity contribution in [2.24, 2.45) is 0 Å². The fraction of sp³-hybridized carbons (Fsp3) is 0.278. The number of ether oxygens (including phenoxy) is 3. The summed E-state index contributed by atoms with van der Waals surface area (Å²) in [6, 6.07) is 7.33. The zero-order valence-electron chi connectivity index (χ0n) is 15.0. The van der Waals surface area contributed by atoms with Gasteiger partial charge in [0.1, 0.15) is 16.9 Å². The number of benzene rings is 1. The molecule has 0 unspecified atom stereocenters. The van der Waals surface area contributed by atoms with Gasteiger partial charge in [0.15, 0.2) is 6.61 Å². The summed E-state index contributed by atoms with van der Waals surface area (Å²) in [4.78, 5) is 27.8. The molecule has 2 rings (SSSR count). The van der Waals surface area contributed by atoms with Crippen molar-refractivity contribution in [1.29, 1.82) is 0 Å². The molecule has 1 heterocycles. The van der Waals surface area contributed by atoms with Crippen molar-refractivity contribution < 1.29 is 37.0 Å². The molecule has 0 saturated carbocycles. The largest absolute Gasteiger partial charge is 0.496 e. The summed E-state index contributed by atoms with van der Waals surface area (Å²) < 4.78 is 51.4. The Balaban J connectivity index is 2.12. The molecule has 1 aromatic heterocycles. The molecule has 0 aliphatic heterocycles. The number of carbonyl (C=O) groups excluding carboxylic acids is 2. The molecule has 0 fully saturated rings. The van der Waals surface area contributed by atoms with Gasteiger partial charge in [0.05, 0.1) is 14.2 Å². The zero-order chi connectivity index (χ0) is 20.7. The van der Waals surface area contributed by atoms with Gasteiger partial charge in [-0.3, -0.25) is 4.79 Å². The first-order valence-corrected chi connectivity index (χ1v) is 7.93. The van der Waals surface area contributed by atoms with E-state index in [-0.39, 0.29) is 17.7 Å². The number of hydrogen-bond donors (Lipinski definition) is 1. The number of halogens is 3. The Morgan fingerprint density at radius 2 is 1.89 bits per heavy atom. The highest BCUT2D eigenvalue weighted by Gasteiger charge is 2.29. The number of alkyl halides is 3. The molecule has 0 spiro atoms. The first-order valence-electron chi connectivity index (χ1n) is 7.93. The normalized spacial score (nSPS) is 10.9. The van der Waals surface area contributed by atoms with Crippen molar-refractivity contribution in [1.82, 2.24) is 10.3 Å². The fourth-order valence-electron chi connectivity index (χ4n) is 2.24. The number of pyridine rings is 1. The number of aromatic nitrogens is 1. The smallest absolute Gasteiger partial charge is 0.422 e. The minimum atomic E-state index is -4.56. The second-order valence-electron chi connectivity index (χ2n) is 5.47. The Bertz CT molecular complexity index is 855. The van der Waals surface area contributed by atoms with Crippen LogP contribution in [0.4, 0.5) is 13.2 Å².